The van der Waals surface area contributed by atoms with E-state index in [9.17, 15) is 13.2 Å². The van der Waals surface area contributed by atoms with Crippen molar-refractivity contribution in [3.63, 3.8) is 0 Å². The molecule has 0 atom stereocenters. The van der Waals surface area contributed by atoms with Gasteiger partial charge in [-0.25, -0.2) is 4.98 Å². The summed E-state index contributed by atoms with van der Waals surface area (Å²) >= 11 is 0. The van der Waals surface area contributed by atoms with Crippen LogP contribution in [0.4, 0.5) is 24.9 Å². The van der Waals surface area contributed by atoms with Crippen LogP contribution >= 0.6 is 0 Å². The molecule has 0 saturated carbocycles. The first kappa shape index (κ1) is 16.6. The molecule has 0 saturated heterocycles. The van der Waals surface area contributed by atoms with E-state index in [1.54, 1.807) is 12.2 Å². The topological polar surface area (TPSA) is 38.1 Å². The van der Waals surface area contributed by atoms with Gasteiger partial charge in [0, 0.05) is 11.3 Å². The van der Waals surface area contributed by atoms with Gasteiger partial charge in [-0.2, -0.15) is 13.2 Å². The van der Waals surface area contributed by atoms with Gasteiger partial charge in [-0.3, -0.25) is 0 Å². The normalized spacial score (nSPS) is 12.6. The first-order chi connectivity index (χ1) is 10.9. The van der Waals surface area contributed by atoms with Gasteiger partial charge in [0.1, 0.15) is 0 Å². The quantitative estimate of drug-likeness (QED) is 0.731. The summed E-state index contributed by atoms with van der Waals surface area (Å²) in [7, 11) is 0. The van der Waals surface area contributed by atoms with Crippen molar-refractivity contribution in [1.29, 1.82) is 0 Å². The zero-order valence-electron chi connectivity index (χ0n) is 12.4. The molecule has 120 valence electrons. The Morgan fingerprint density at radius 3 is 2.78 bits per heavy atom. The Balaban J connectivity index is 2.21. The van der Waals surface area contributed by atoms with Crippen LogP contribution in [-0.2, 0) is 6.18 Å². The van der Waals surface area contributed by atoms with Crippen LogP contribution in [0.3, 0.4) is 0 Å². The van der Waals surface area contributed by atoms with Crippen LogP contribution in [0.2, 0.25) is 0 Å². The Kier molecular flexibility index (Phi) is 5.05. The molecule has 0 bridgehead atoms. The van der Waals surface area contributed by atoms with Crippen LogP contribution in [0.15, 0.2) is 65.8 Å². The summed E-state index contributed by atoms with van der Waals surface area (Å²) in [4.78, 5) is 4.01. The number of allylic oxidation sites excluding steroid dienone is 5. The number of hydrogen-bond donors (Lipinski definition) is 1. The molecule has 23 heavy (non-hydrogen) atoms. The third kappa shape index (κ3) is 4.35. The SMILES string of the molecule is C=C/C(=C\C=C/C)c1cnc(Nc2cccc(C(F)(F)F)c2)o1. The third-order valence-corrected chi connectivity index (χ3v) is 2.92. The number of nitrogens with one attached hydrogen (secondary N) is 1. The largest absolute Gasteiger partial charge is 0.423 e. The molecule has 0 fully saturated rings. The first-order valence-electron chi connectivity index (χ1n) is 6.80. The van der Waals surface area contributed by atoms with Crippen molar-refractivity contribution in [3.8, 4) is 0 Å². The minimum atomic E-state index is -4.40. The van der Waals surface area contributed by atoms with Gasteiger partial charge in [0.25, 0.3) is 6.01 Å². The number of oxazole rings is 1. The predicted octanol–water partition coefficient (Wildman–Crippen LogP) is 5.58. The molecule has 1 N–H and O–H groups in total. The Hall–Kier alpha value is -2.76. The zero-order chi connectivity index (χ0) is 16.9. The van der Waals surface area contributed by atoms with Crippen molar-refractivity contribution < 1.29 is 17.6 Å². The number of rotatable bonds is 5. The molecular formula is C17H15F3N2O. The Morgan fingerprint density at radius 1 is 1.35 bits per heavy atom. The van der Waals surface area contributed by atoms with Gasteiger partial charge >= 0.3 is 6.18 Å². The van der Waals surface area contributed by atoms with Crippen molar-refractivity contribution in [2.75, 3.05) is 5.32 Å². The average Bonchev–Trinajstić information content (AvgIpc) is 2.96. The second-order valence-electron chi connectivity index (χ2n) is 4.59. The number of halogens is 3. The lowest BCUT2D eigenvalue weighted by molar-refractivity contribution is -0.137. The Morgan fingerprint density at radius 2 is 2.13 bits per heavy atom. The molecule has 1 heterocycles. The van der Waals surface area contributed by atoms with Gasteiger partial charge < -0.3 is 9.73 Å². The molecule has 3 nitrogen and oxygen atoms in total. The molecule has 0 spiro atoms. The fraction of sp³-hybridized carbons (Fsp3) is 0.118. The lowest BCUT2D eigenvalue weighted by Gasteiger charge is -2.08. The monoisotopic (exact) mass is 320 g/mol. The van der Waals surface area contributed by atoms with Crippen LogP contribution in [0, 0.1) is 0 Å². The summed E-state index contributed by atoms with van der Waals surface area (Å²) in [6.07, 6.45) is 4.15. The van der Waals surface area contributed by atoms with Gasteiger partial charge in [-0.15, -0.1) is 0 Å². The molecule has 0 aliphatic heterocycles. The molecule has 6 heteroatoms. The maximum Gasteiger partial charge on any atom is 0.416 e. The fourth-order valence-corrected chi connectivity index (χ4v) is 1.81. The molecule has 0 amide bonds. The number of aromatic nitrogens is 1. The second-order valence-corrected chi connectivity index (χ2v) is 4.59. The summed E-state index contributed by atoms with van der Waals surface area (Å²) in [5.41, 5.74) is 0.215. The summed E-state index contributed by atoms with van der Waals surface area (Å²) in [5, 5.41) is 2.71. The maximum atomic E-state index is 12.7. The predicted molar refractivity (Wildman–Crippen MR) is 84.2 cm³/mol. The fourth-order valence-electron chi connectivity index (χ4n) is 1.81. The summed E-state index contributed by atoms with van der Waals surface area (Å²) in [5.74, 6) is 0.465. The summed E-state index contributed by atoms with van der Waals surface area (Å²) < 4.78 is 43.6. The number of anilines is 2. The van der Waals surface area contributed by atoms with E-state index in [1.165, 1.54) is 18.3 Å². The maximum absolute atomic E-state index is 12.7. The van der Waals surface area contributed by atoms with E-state index in [0.29, 0.717) is 11.3 Å². The molecule has 2 aromatic rings. The van der Waals surface area contributed by atoms with Crippen molar-refractivity contribution in [2.45, 2.75) is 13.1 Å². The highest BCUT2D eigenvalue weighted by molar-refractivity contribution is 5.71. The average molecular weight is 320 g/mol. The Labute approximate surface area is 131 Å². The van der Waals surface area contributed by atoms with E-state index in [1.807, 2.05) is 19.1 Å². The van der Waals surface area contributed by atoms with E-state index in [2.05, 4.69) is 16.9 Å². The number of nitrogens with zero attached hydrogens (tertiary/aromatic N) is 1. The van der Waals surface area contributed by atoms with E-state index in [4.69, 9.17) is 4.42 Å². The minimum absolute atomic E-state index is 0.104. The van der Waals surface area contributed by atoms with Crippen LogP contribution in [0.1, 0.15) is 18.2 Å². The first-order valence-corrected chi connectivity index (χ1v) is 6.80. The van der Waals surface area contributed by atoms with Crippen LogP contribution < -0.4 is 5.32 Å². The van der Waals surface area contributed by atoms with Crippen molar-refractivity contribution in [3.05, 3.63) is 72.7 Å². The molecule has 0 radical (unpaired) electrons. The summed E-state index contributed by atoms with van der Waals surface area (Å²) in [6.45, 7) is 5.56. The van der Waals surface area contributed by atoms with E-state index in [0.717, 1.165) is 12.1 Å². The third-order valence-electron chi connectivity index (χ3n) is 2.92. The molecule has 1 aromatic carbocycles. The van der Waals surface area contributed by atoms with Crippen LogP contribution in [0.5, 0.6) is 0 Å². The standard InChI is InChI=1S/C17H15F3N2O/c1-3-5-7-12(4-2)15-11-21-16(23-15)22-14-9-6-8-13(10-14)17(18,19)20/h3-11H,2H2,1H3,(H,21,22)/b5-3-,12-7+. The molecular weight excluding hydrogens is 305 g/mol. The minimum Gasteiger partial charge on any atom is -0.423 e. The van der Waals surface area contributed by atoms with Gasteiger partial charge in [0.2, 0.25) is 0 Å². The van der Waals surface area contributed by atoms with E-state index < -0.39 is 11.7 Å². The highest BCUT2D eigenvalue weighted by Crippen LogP contribution is 2.31. The smallest absolute Gasteiger partial charge is 0.416 e. The number of alkyl halides is 3. The molecule has 1 aromatic heterocycles. The van der Waals surface area contributed by atoms with E-state index in [-0.39, 0.29) is 11.7 Å². The van der Waals surface area contributed by atoms with Gasteiger partial charge in [-0.05, 0) is 25.1 Å². The summed E-state index contributed by atoms with van der Waals surface area (Å²) in [6, 6.07) is 4.92. The highest BCUT2D eigenvalue weighted by atomic mass is 19.4. The number of hydrogen-bond acceptors (Lipinski definition) is 3. The number of benzene rings is 1. The van der Waals surface area contributed by atoms with Crippen LogP contribution in [-0.4, -0.2) is 4.98 Å². The molecule has 0 aliphatic rings. The van der Waals surface area contributed by atoms with Crippen molar-refractivity contribution in [2.24, 2.45) is 0 Å². The highest BCUT2D eigenvalue weighted by Gasteiger charge is 2.30. The molecule has 0 unspecified atom stereocenters. The van der Waals surface area contributed by atoms with Gasteiger partial charge in [0.15, 0.2) is 5.76 Å². The van der Waals surface area contributed by atoms with Crippen LogP contribution in [0.25, 0.3) is 5.57 Å². The Bertz CT molecular complexity index is 742. The van der Waals surface area contributed by atoms with Gasteiger partial charge in [0.05, 0.1) is 11.8 Å². The zero-order valence-corrected chi connectivity index (χ0v) is 12.4. The van der Waals surface area contributed by atoms with Crippen molar-refractivity contribution >= 4 is 17.3 Å². The molecule has 0 aliphatic carbocycles. The van der Waals surface area contributed by atoms with E-state index >= 15 is 0 Å². The lowest BCUT2D eigenvalue weighted by atomic mass is 10.2. The molecule has 2 rings (SSSR count). The second kappa shape index (κ2) is 7.00. The van der Waals surface area contributed by atoms with Crippen molar-refractivity contribution in [1.82, 2.24) is 4.98 Å². The lowest BCUT2D eigenvalue weighted by Crippen LogP contribution is -2.05. The van der Waals surface area contributed by atoms with Gasteiger partial charge in [-0.1, -0.05) is 36.9 Å².